The maximum absolute atomic E-state index is 3.40. The summed E-state index contributed by atoms with van der Waals surface area (Å²) in [5.41, 5.74) is 2.61. The van der Waals surface area contributed by atoms with E-state index in [4.69, 9.17) is 0 Å². The highest BCUT2D eigenvalue weighted by atomic mass is 79.9. The molecular weight excluding hydrogens is 200 g/mol. The second-order valence-electron chi connectivity index (χ2n) is 2.54. The molecular formula is C10H11Br. The Morgan fingerprint density at radius 1 is 1.36 bits per heavy atom. The van der Waals surface area contributed by atoms with Crippen LogP contribution in [0.2, 0.25) is 0 Å². The van der Waals surface area contributed by atoms with Gasteiger partial charge in [-0.05, 0) is 12.5 Å². The molecule has 0 amide bonds. The van der Waals surface area contributed by atoms with E-state index in [9.17, 15) is 0 Å². The molecule has 0 fully saturated rings. The minimum atomic E-state index is 0.946. The van der Waals surface area contributed by atoms with Crippen LogP contribution in [0.15, 0.2) is 35.9 Å². The first-order valence-corrected chi connectivity index (χ1v) is 4.73. The van der Waals surface area contributed by atoms with E-state index in [2.05, 4.69) is 41.1 Å². The van der Waals surface area contributed by atoms with E-state index in [0.717, 1.165) is 5.33 Å². The molecule has 58 valence electrons. The monoisotopic (exact) mass is 210 g/mol. The fraction of sp³-hybridized carbons (Fsp3) is 0.200. The molecule has 0 spiro atoms. The standard InChI is InChI=1S/C10H11Br/c1-9(8-11)7-10-5-3-2-4-6-10/h2-7H,8H2,1H3/b9-7-. The van der Waals surface area contributed by atoms with Gasteiger partial charge in [0.1, 0.15) is 0 Å². The van der Waals surface area contributed by atoms with Crippen LogP contribution in [0.1, 0.15) is 12.5 Å². The van der Waals surface area contributed by atoms with Crippen LogP contribution in [0.4, 0.5) is 0 Å². The van der Waals surface area contributed by atoms with Crippen LogP contribution in [0.3, 0.4) is 0 Å². The zero-order valence-electron chi connectivity index (χ0n) is 6.55. The second-order valence-corrected chi connectivity index (χ2v) is 3.10. The normalized spacial score (nSPS) is 11.6. The quantitative estimate of drug-likeness (QED) is 0.657. The smallest absolute Gasteiger partial charge is 0.0242 e. The van der Waals surface area contributed by atoms with Crippen molar-refractivity contribution in [2.24, 2.45) is 0 Å². The molecule has 11 heavy (non-hydrogen) atoms. The Hall–Kier alpha value is -0.560. The van der Waals surface area contributed by atoms with E-state index in [1.807, 2.05) is 18.2 Å². The SMILES string of the molecule is C/C(=C/c1ccccc1)CBr. The summed E-state index contributed by atoms with van der Waals surface area (Å²) in [4.78, 5) is 0. The maximum Gasteiger partial charge on any atom is 0.0242 e. The minimum Gasteiger partial charge on any atom is -0.0880 e. The third-order valence-electron chi connectivity index (χ3n) is 1.42. The molecule has 0 atom stereocenters. The van der Waals surface area contributed by atoms with E-state index in [-0.39, 0.29) is 0 Å². The molecule has 0 nitrogen and oxygen atoms in total. The highest BCUT2D eigenvalue weighted by Gasteiger charge is 1.86. The fourth-order valence-electron chi connectivity index (χ4n) is 0.872. The summed E-state index contributed by atoms with van der Waals surface area (Å²) < 4.78 is 0. The van der Waals surface area contributed by atoms with Crippen LogP contribution in [0.5, 0.6) is 0 Å². The van der Waals surface area contributed by atoms with E-state index in [0.29, 0.717) is 0 Å². The molecule has 0 heterocycles. The molecule has 0 aromatic heterocycles. The number of benzene rings is 1. The maximum atomic E-state index is 3.40. The van der Waals surface area contributed by atoms with Crippen molar-refractivity contribution < 1.29 is 0 Å². The van der Waals surface area contributed by atoms with Gasteiger partial charge in [0.2, 0.25) is 0 Å². The van der Waals surface area contributed by atoms with Gasteiger partial charge in [0.05, 0.1) is 0 Å². The van der Waals surface area contributed by atoms with Gasteiger partial charge < -0.3 is 0 Å². The molecule has 0 saturated carbocycles. The Bertz CT molecular complexity index is 236. The number of rotatable bonds is 2. The first kappa shape index (κ1) is 8.54. The van der Waals surface area contributed by atoms with Gasteiger partial charge in [-0.15, -0.1) is 0 Å². The topological polar surface area (TPSA) is 0 Å². The van der Waals surface area contributed by atoms with Crippen molar-refractivity contribution in [2.45, 2.75) is 6.92 Å². The van der Waals surface area contributed by atoms with Gasteiger partial charge in [-0.1, -0.05) is 57.9 Å². The molecule has 1 aromatic carbocycles. The zero-order valence-corrected chi connectivity index (χ0v) is 8.14. The van der Waals surface area contributed by atoms with E-state index in [1.54, 1.807) is 0 Å². The summed E-state index contributed by atoms with van der Waals surface area (Å²) >= 11 is 3.40. The van der Waals surface area contributed by atoms with Crippen molar-refractivity contribution in [3.05, 3.63) is 41.5 Å². The largest absolute Gasteiger partial charge is 0.0880 e. The van der Waals surface area contributed by atoms with Crippen molar-refractivity contribution in [3.8, 4) is 0 Å². The Morgan fingerprint density at radius 3 is 2.55 bits per heavy atom. The Balaban J connectivity index is 2.79. The van der Waals surface area contributed by atoms with Crippen LogP contribution in [-0.2, 0) is 0 Å². The van der Waals surface area contributed by atoms with E-state index < -0.39 is 0 Å². The molecule has 0 aliphatic heterocycles. The van der Waals surface area contributed by atoms with Gasteiger partial charge in [0, 0.05) is 5.33 Å². The Morgan fingerprint density at radius 2 is 2.00 bits per heavy atom. The van der Waals surface area contributed by atoms with E-state index >= 15 is 0 Å². The lowest BCUT2D eigenvalue weighted by Crippen LogP contribution is -1.76. The van der Waals surface area contributed by atoms with Crippen LogP contribution in [0, 0.1) is 0 Å². The van der Waals surface area contributed by atoms with Crippen molar-refractivity contribution in [2.75, 3.05) is 5.33 Å². The van der Waals surface area contributed by atoms with Gasteiger partial charge in [0.25, 0.3) is 0 Å². The summed E-state index contributed by atoms with van der Waals surface area (Å²) in [6.07, 6.45) is 2.18. The highest BCUT2D eigenvalue weighted by molar-refractivity contribution is 9.09. The minimum absolute atomic E-state index is 0.946. The molecule has 0 aliphatic rings. The number of halogens is 1. The van der Waals surface area contributed by atoms with Crippen LogP contribution in [0.25, 0.3) is 6.08 Å². The third kappa shape index (κ3) is 2.89. The Labute approximate surface area is 76.1 Å². The van der Waals surface area contributed by atoms with Gasteiger partial charge in [0.15, 0.2) is 0 Å². The van der Waals surface area contributed by atoms with Crippen molar-refractivity contribution in [1.29, 1.82) is 0 Å². The van der Waals surface area contributed by atoms with E-state index in [1.165, 1.54) is 11.1 Å². The molecule has 0 bridgehead atoms. The first-order chi connectivity index (χ1) is 5.33. The van der Waals surface area contributed by atoms with Crippen LogP contribution < -0.4 is 0 Å². The number of allylic oxidation sites excluding steroid dienone is 1. The van der Waals surface area contributed by atoms with Crippen molar-refractivity contribution in [3.63, 3.8) is 0 Å². The molecule has 0 saturated heterocycles. The number of hydrogen-bond acceptors (Lipinski definition) is 0. The molecule has 0 N–H and O–H groups in total. The summed E-state index contributed by atoms with van der Waals surface area (Å²) in [6.45, 7) is 2.11. The first-order valence-electron chi connectivity index (χ1n) is 3.61. The third-order valence-corrected chi connectivity index (χ3v) is 2.31. The van der Waals surface area contributed by atoms with Crippen LogP contribution in [-0.4, -0.2) is 5.33 Å². The summed E-state index contributed by atoms with van der Waals surface area (Å²) in [6, 6.07) is 10.3. The van der Waals surface area contributed by atoms with Gasteiger partial charge in [-0.2, -0.15) is 0 Å². The van der Waals surface area contributed by atoms with Gasteiger partial charge in [-0.25, -0.2) is 0 Å². The number of hydrogen-bond donors (Lipinski definition) is 0. The summed E-state index contributed by atoms with van der Waals surface area (Å²) in [5, 5.41) is 0.946. The second kappa shape index (κ2) is 4.35. The fourth-order valence-corrected chi connectivity index (χ4v) is 1.03. The van der Waals surface area contributed by atoms with Gasteiger partial charge in [-0.3, -0.25) is 0 Å². The lowest BCUT2D eigenvalue weighted by Gasteiger charge is -1.94. The lowest BCUT2D eigenvalue weighted by atomic mass is 10.2. The van der Waals surface area contributed by atoms with Crippen LogP contribution >= 0.6 is 15.9 Å². The average molecular weight is 211 g/mol. The lowest BCUT2D eigenvalue weighted by molar-refractivity contribution is 1.45. The average Bonchev–Trinajstić information content (AvgIpc) is 2.06. The van der Waals surface area contributed by atoms with Crippen molar-refractivity contribution >= 4 is 22.0 Å². The molecule has 1 rings (SSSR count). The molecule has 1 aromatic rings. The highest BCUT2D eigenvalue weighted by Crippen LogP contribution is 2.07. The molecule has 0 radical (unpaired) electrons. The zero-order chi connectivity index (χ0) is 8.10. The molecule has 0 aliphatic carbocycles. The van der Waals surface area contributed by atoms with Crippen molar-refractivity contribution in [1.82, 2.24) is 0 Å². The predicted molar refractivity (Wildman–Crippen MR) is 53.9 cm³/mol. The summed E-state index contributed by atoms with van der Waals surface area (Å²) in [5.74, 6) is 0. The van der Waals surface area contributed by atoms with Gasteiger partial charge >= 0.3 is 0 Å². The Kier molecular flexibility index (Phi) is 3.37. The molecule has 0 unspecified atom stereocenters. The predicted octanol–water partition coefficient (Wildman–Crippen LogP) is 3.48. The number of alkyl halides is 1. The molecule has 1 heteroatoms. The summed E-state index contributed by atoms with van der Waals surface area (Å²) in [7, 11) is 0.